The number of urea groups is 1. The number of carbonyl (C=O) groups excluding carboxylic acids is 1. The molecule has 2 amide bonds. The standard InChI is InChI=1S/C9H15N5O2/c1-2-10-8(15)12-9-14-13-7(16-9)6-4-3-5-11-6/h6,11H,2-5H2,1H3,(H2,10,12,14,15). The molecule has 0 spiro atoms. The third-order valence-corrected chi connectivity index (χ3v) is 2.36. The van der Waals surface area contributed by atoms with E-state index in [-0.39, 0.29) is 18.1 Å². The van der Waals surface area contributed by atoms with Crippen LogP contribution in [0.25, 0.3) is 0 Å². The second-order valence-corrected chi connectivity index (χ2v) is 3.58. The van der Waals surface area contributed by atoms with Crippen LogP contribution in [0.4, 0.5) is 10.8 Å². The fraction of sp³-hybridized carbons (Fsp3) is 0.667. The van der Waals surface area contributed by atoms with Crippen LogP contribution >= 0.6 is 0 Å². The predicted molar refractivity (Wildman–Crippen MR) is 57.0 cm³/mol. The van der Waals surface area contributed by atoms with Crippen molar-refractivity contribution in [2.75, 3.05) is 18.4 Å². The number of carbonyl (C=O) groups is 1. The minimum atomic E-state index is -0.336. The van der Waals surface area contributed by atoms with E-state index < -0.39 is 0 Å². The Labute approximate surface area is 93.0 Å². The molecule has 0 bridgehead atoms. The average Bonchev–Trinajstić information content (AvgIpc) is 2.86. The summed E-state index contributed by atoms with van der Waals surface area (Å²) in [6.45, 7) is 3.35. The summed E-state index contributed by atoms with van der Waals surface area (Å²) in [6.07, 6.45) is 2.09. The van der Waals surface area contributed by atoms with Gasteiger partial charge in [-0.2, -0.15) is 0 Å². The van der Waals surface area contributed by atoms with E-state index >= 15 is 0 Å². The topological polar surface area (TPSA) is 92.1 Å². The van der Waals surface area contributed by atoms with E-state index in [0.717, 1.165) is 19.4 Å². The van der Waals surface area contributed by atoms with Gasteiger partial charge in [-0.3, -0.25) is 5.32 Å². The van der Waals surface area contributed by atoms with Gasteiger partial charge in [-0.15, -0.1) is 5.10 Å². The van der Waals surface area contributed by atoms with Crippen molar-refractivity contribution < 1.29 is 9.21 Å². The predicted octanol–water partition coefficient (Wildman–Crippen LogP) is 0.636. The van der Waals surface area contributed by atoms with Gasteiger partial charge in [-0.05, 0) is 26.3 Å². The van der Waals surface area contributed by atoms with Gasteiger partial charge < -0.3 is 15.1 Å². The molecule has 1 aromatic rings. The number of anilines is 1. The van der Waals surface area contributed by atoms with E-state index in [1.54, 1.807) is 0 Å². The molecule has 1 saturated heterocycles. The highest BCUT2D eigenvalue weighted by molar-refractivity contribution is 5.86. The van der Waals surface area contributed by atoms with Crippen molar-refractivity contribution in [3.05, 3.63) is 5.89 Å². The summed E-state index contributed by atoms with van der Waals surface area (Å²) in [4.78, 5) is 11.2. The first kappa shape index (κ1) is 10.9. The fourth-order valence-corrected chi connectivity index (χ4v) is 1.62. The molecule has 2 rings (SSSR count). The maximum atomic E-state index is 11.2. The molecule has 7 heteroatoms. The Hall–Kier alpha value is -1.63. The molecule has 88 valence electrons. The Morgan fingerprint density at radius 1 is 1.62 bits per heavy atom. The number of rotatable bonds is 3. The van der Waals surface area contributed by atoms with Crippen LogP contribution in [-0.2, 0) is 0 Å². The van der Waals surface area contributed by atoms with Gasteiger partial charge >= 0.3 is 12.0 Å². The number of aromatic nitrogens is 2. The summed E-state index contributed by atoms with van der Waals surface area (Å²) in [6, 6.07) is -0.0796. The van der Waals surface area contributed by atoms with Crippen molar-refractivity contribution in [2.24, 2.45) is 0 Å². The Kier molecular flexibility index (Phi) is 3.35. The molecule has 16 heavy (non-hydrogen) atoms. The molecule has 0 saturated carbocycles. The number of hydrogen-bond acceptors (Lipinski definition) is 5. The molecule has 3 N–H and O–H groups in total. The minimum absolute atomic E-state index is 0.122. The number of nitrogens with zero attached hydrogens (tertiary/aromatic N) is 2. The smallest absolute Gasteiger partial charge is 0.323 e. The van der Waals surface area contributed by atoms with Crippen molar-refractivity contribution >= 4 is 12.0 Å². The van der Waals surface area contributed by atoms with Gasteiger partial charge in [0.1, 0.15) is 0 Å². The molecule has 1 aliphatic rings. The third kappa shape index (κ3) is 2.48. The monoisotopic (exact) mass is 225 g/mol. The Balaban J connectivity index is 1.93. The van der Waals surface area contributed by atoms with Crippen LogP contribution in [-0.4, -0.2) is 29.3 Å². The lowest BCUT2D eigenvalue weighted by Gasteiger charge is -2.03. The summed E-state index contributed by atoms with van der Waals surface area (Å²) in [5, 5.41) is 15.9. The average molecular weight is 225 g/mol. The summed E-state index contributed by atoms with van der Waals surface area (Å²) in [7, 11) is 0. The summed E-state index contributed by atoms with van der Waals surface area (Å²) in [5.41, 5.74) is 0. The molecule has 1 unspecified atom stereocenters. The van der Waals surface area contributed by atoms with Crippen LogP contribution in [0.15, 0.2) is 4.42 Å². The summed E-state index contributed by atoms with van der Waals surface area (Å²) < 4.78 is 5.33. The molecule has 1 aliphatic heterocycles. The second-order valence-electron chi connectivity index (χ2n) is 3.58. The van der Waals surface area contributed by atoms with Crippen LogP contribution in [0, 0.1) is 0 Å². The van der Waals surface area contributed by atoms with Crippen molar-refractivity contribution in [2.45, 2.75) is 25.8 Å². The van der Waals surface area contributed by atoms with E-state index in [2.05, 4.69) is 26.1 Å². The van der Waals surface area contributed by atoms with Crippen molar-refractivity contribution in [3.8, 4) is 0 Å². The maximum absolute atomic E-state index is 11.2. The van der Waals surface area contributed by atoms with Gasteiger partial charge in [0.15, 0.2) is 0 Å². The molecule has 7 nitrogen and oxygen atoms in total. The highest BCUT2D eigenvalue weighted by atomic mass is 16.4. The van der Waals surface area contributed by atoms with E-state index in [0.29, 0.717) is 12.4 Å². The number of hydrogen-bond donors (Lipinski definition) is 3. The maximum Gasteiger partial charge on any atom is 0.323 e. The van der Waals surface area contributed by atoms with E-state index in [4.69, 9.17) is 4.42 Å². The Bertz CT molecular complexity index is 359. The van der Waals surface area contributed by atoms with E-state index in [9.17, 15) is 4.79 Å². The number of nitrogens with one attached hydrogen (secondary N) is 3. The highest BCUT2D eigenvalue weighted by Gasteiger charge is 2.22. The Morgan fingerprint density at radius 2 is 2.50 bits per heavy atom. The zero-order chi connectivity index (χ0) is 11.4. The van der Waals surface area contributed by atoms with Crippen LogP contribution in [0.2, 0.25) is 0 Å². The molecule has 1 fully saturated rings. The molecule has 2 heterocycles. The normalized spacial score (nSPS) is 19.7. The lowest BCUT2D eigenvalue weighted by molar-refractivity contribution is 0.252. The van der Waals surface area contributed by atoms with Gasteiger partial charge in [-0.1, -0.05) is 5.10 Å². The molecule has 0 aromatic carbocycles. The second kappa shape index (κ2) is 4.93. The van der Waals surface area contributed by atoms with Crippen molar-refractivity contribution in [1.29, 1.82) is 0 Å². The first-order valence-corrected chi connectivity index (χ1v) is 5.41. The third-order valence-electron chi connectivity index (χ3n) is 2.36. The van der Waals surface area contributed by atoms with Crippen LogP contribution in [0.3, 0.4) is 0 Å². The first-order chi connectivity index (χ1) is 7.79. The molecular formula is C9H15N5O2. The number of amides is 2. The molecule has 0 radical (unpaired) electrons. The first-order valence-electron chi connectivity index (χ1n) is 5.41. The highest BCUT2D eigenvalue weighted by Crippen LogP contribution is 2.22. The molecule has 1 atom stereocenters. The molecule has 0 aliphatic carbocycles. The lowest BCUT2D eigenvalue weighted by atomic mass is 10.2. The van der Waals surface area contributed by atoms with Crippen LogP contribution < -0.4 is 16.0 Å². The molecule has 1 aromatic heterocycles. The molecular weight excluding hydrogens is 210 g/mol. The summed E-state index contributed by atoms with van der Waals surface area (Å²) >= 11 is 0. The van der Waals surface area contributed by atoms with Gasteiger partial charge in [0.05, 0.1) is 6.04 Å². The quantitative estimate of drug-likeness (QED) is 0.702. The van der Waals surface area contributed by atoms with Gasteiger partial charge in [-0.25, -0.2) is 4.79 Å². The zero-order valence-electron chi connectivity index (χ0n) is 9.12. The minimum Gasteiger partial charge on any atom is -0.406 e. The lowest BCUT2D eigenvalue weighted by Crippen LogP contribution is -2.28. The SMILES string of the molecule is CCNC(=O)Nc1nnc(C2CCCN2)o1. The zero-order valence-corrected chi connectivity index (χ0v) is 9.12. The van der Waals surface area contributed by atoms with E-state index in [1.807, 2.05) is 6.92 Å². The van der Waals surface area contributed by atoms with Crippen molar-refractivity contribution in [1.82, 2.24) is 20.8 Å². The van der Waals surface area contributed by atoms with Gasteiger partial charge in [0.2, 0.25) is 5.89 Å². The van der Waals surface area contributed by atoms with Crippen LogP contribution in [0.1, 0.15) is 31.7 Å². The summed E-state index contributed by atoms with van der Waals surface area (Å²) in [5.74, 6) is 0.532. The Morgan fingerprint density at radius 3 is 3.19 bits per heavy atom. The van der Waals surface area contributed by atoms with Crippen LogP contribution in [0.5, 0.6) is 0 Å². The van der Waals surface area contributed by atoms with Crippen molar-refractivity contribution in [3.63, 3.8) is 0 Å². The van der Waals surface area contributed by atoms with Gasteiger partial charge in [0.25, 0.3) is 0 Å². The van der Waals surface area contributed by atoms with Gasteiger partial charge in [0, 0.05) is 6.54 Å². The largest absolute Gasteiger partial charge is 0.406 e. The fourth-order valence-electron chi connectivity index (χ4n) is 1.62. The van der Waals surface area contributed by atoms with E-state index in [1.165, 1.54) is 0 Å².